The highest BCUT2D eigenvalue weighted by molar-refractivity contribution is 6.29. The Morgan fingerprint density at radius 3 is 2.67 bits per heavy atom. The number of nitrogens with one attached hydrogen (secondary N) is 1. The summed E-state index contributed by atoms with van der Waals surface area (Å²) in [5.74, 6) is 0.312. The number of esters is 1. The number of oxazole rings is 1. The molecule has 0 amide bonds. The molecule has 2 heterocycles. The van der Waals surface area contributed by atoms with Crippen LogP contribution >= 0.6 is 11.6 Å². The van der Waals surface area contributed by atoms with Gasteiger partial charge in [-0.2, -0.15) is 0 Å². The van der Waals surface area contributed by atoms with Gasteiger partial charge in [-0.05, 0) is 26.8 Å². The fraction of sp³-hybridized carbons (Fsp3) is 0.471. The summed E-state index contributed by atoms with van der Waals surface area (Å²) in [4.78, 5) is 20.6. The maximum absolute atomic E-state index is 12.1. The lowest BCUT2D eigenvalue weighted by molar-refractivity contribution is 0.0517. The van der Waals surface area contributed by atoms with Crippen LogP contribution in [-0.2, 0) is 4.74 Å². The topological polar surface area (TPSA) is 77.2 Å². The van der Waals surface area contributed by atoms with Crippen LogP contribution in [0.5, 0.6) is 0 Å². The van der Waals surface area contributed by atoms with E-state index in [9.17, 15) is 4.79 Å². The van der Waals surface area contributed by atoms with Crippen LogP contribution in [0.25, 0.3) is 11.5 Å². The third kappa shape index (κ3) is 4.06. The van der Waals surface area contributed by atoms with Gasteiger partial charge in [0.2, 0.25) is 5.89 Å². The zero-order valence-corrected chi connectivity index (χ0v) is 15.3. The number of carbonyl (C=O) groups is 1. The van der Waals surface area contributed by atoms with E-state index in [1.54, 1.807) is 19.2 Å². The van der Waals surface area contributed by atoms with E-state index in [4.69, 9.17) is 20.8 Å². The van der Waals surface area contributed by atoms with Crippen molar-refractivity contribution >= 4 is 23.3 Å². The second kappa shape index (κ2) is 7.66. The van der Waals surface area contributed by atoms with Gasteiger partial charge in [-0.1, -0.05) is 25.4 Å². The molecule has 6 nitrogen and oxygen atoms in total. The molecule has 130 valence electrons. The number of halogens is 1. The first-order valence-corrected chi connectivity index (χ1v) is 8.31. The van der Waals surface area contributed by atoms with E-state index in [1.165, 1.54) is 0 Å². The van der Waals surface area contributed by atoms with Crippen LogP contribution in [0, 0.1) is 0 Å². The minimum Gasteiger partial charge on any atom is -0.461 e. The third-order valence-corrected chi connectivity index (χ3v) is 3.40. The standard InChI is InChI=1S/C17H22ClN3O3/c1-6-23-17(22)14-15(9(2)3)24-16(21-14)11-8-19-13(18)7-12(11)20-10(4)5/h7-10H,6H2,1-5H3,(H,19,20). The summed E-state index contributed by atoms with van der Waals surface area (Å²) < 4.78 is 10.9. The maximum Gasteiger partial charge on any atom is 0.360 e. The maximum atomic E-state index is 12.1. The Morgan fingerprint density at radius 1 is 1.38 bits per heavy atom. The summed E-state index contributed by atoms with van der Waals surface area (Å²) in [5, 5.41) is 3.65. The molecule has 24 heavy (non-hydrogen) atoms. The van der Waals surface area contributed by atoms with Crippen LogP contribution < -0.4 is 5.32 Å². The minimum absolute atomic E-state index is 0.00702. The molecule has 0 saturated heterocycles. The van der Waals surface area contributed by atoms with Crippen molar-refractivity contribution in [2.75, 3.05) is 11.9 Å². The SMILES string of the molecule is CCOC(=O)c1nc(-c2cnc(Cl)cc2NC(C)C)oc1C(C)C. The monoisotopic (exact) mass is 351 g/mol. The number of carbonyl (C=O) groups excluding carboxylic acids is 1. The summed E-state index contributed by atoms with van der Waals surface area (Å²) in [6.07, 6.45) is 1.58. The van der Waals surface area contributed by atoms with E-state index in [0.29, 0.717) is 22.4 Å². The van der Waals surface area contributed by atoms with E-state index in [-0.39, 0.29) is 24.3 Å². The average molecular weight is 352 g/mol. The first-order chi connectivity index (χ1) is 11.3. The normalized spacial score (nSPS) is 11.2. The van der Waals surface area contributed by atoms with Crippen molar-refractivity contribution in [2.24, 2.45) is 0 Å². The molecule has 0 radical (unpaired) electrons. The Kier molecular flexibility index (Phi) is 5.83. The van der Waals surface area contributed by atoms with Gasteiger partial charge in [0.05, 0.1) is 17.9 Å². The molecule has 0 aliphatic heterocycles. The first kappa shape index (κ1) is 18.3. The van der Waals surface area contributed by atoms with E-state index in [0.717, 1.165) is 5.69 Å². The van der Waals surface area contributed by atoms with Crippen molar-refractivity contribution in [3.8, 4) is 11.5 Å². The number of hydrogen-bond donors (Lipinski definition) is 1. The molecule has 2 aromatic rings. The van der Waals surface area contributed by atoms with Crippen LogP contribution in [0.3, 0.4) is 0 Å². The summed E-state index contributed by atoms with van der Waals surface area (Å²) in [5.41, 5.74) is 1.59. The third-order valence-electron chi connectivity index (χ3n) is 3.19. The highest BCUT2D eigenvalue weighted by atomic mass is 35.5. The van der Waals surface area contributed by atoms with E-state index < -0.39 is 5.97 Å². The number of nitrogens with zero attached hydrogens (tertiary/aromatic N) is 2. The first-order valence-electron chi connectivity index (χ1n) is 7.93. The fourth-order valence-electron chi connectivity index (χ4n) is 2.21. The van der Waals surface area contributed by atoms with Crippen LogP contribution in [0.1, 0.15) is 56.8 Å². The van der Waals surface area contributed by atoms with Crippen molar-refractivity contribution in [1.29, 1.82) is 0 Å². The Morgan fingerprint density at radius 2 is 2.08 bits per heavy atom. The van der Waals surface area contributed by atoms with Crippen LogP contribution in [0.15, 0.2) is 16.7 Å². The molecule has 0 unspecified atom stereocenters. The van der Waals surface area contributed by atoms with Gasteiger partial charge in [0.15, 0.2) is 5.69 Å². The van der Waals surface area contributed by atoms with Crippen molar-refractivity contribution in [1.82, 2.24) is 9.97 Å². The van der Waals surface area contributed by atoms with Gasteiger partial charge in [-0.15, -0.1) is 0 Å². The summed E-state index contributed by atoms with van der Waals surface area (Å²) >= 11 is 5.99. The Bertz CT molecular complexity index is 726. The molecule has 0 spiro atoms. The van der Waals surface area contributed by atoms with Gasteiger partial charge in [0.1, 0.15) is 10.9 Å². The molecule has 0 saturated carbocycles. The van der Waals surface area contributed by atoms with E-state index >= 15 is 0 Å². The minimum atomic E-state index is -0.489. The Balaban J connectivity index is 2.53. The van der Waals surface area contributed by atoms with Gasteiger partial charge in [0, 0.05) is 18.2 Å². The second-order valence-corrected chi connectivity index (χ2v) is 6.35. The van der Waals surface area contributed by atoms with Crippen molar-refractivity contribution < 1.29 is 13.9 Å². The zero-order valence-electron chi connectivity index (χ0n) is 14.5. The van der Waals surface area contributed by atoms with Gasteiger partial charge >= 0.3 is 5.97 Å². The number of hydrogen-bond acceptors (Lipinski definition) is 6. The van der Waals surface area contributed by atoms with Crippen molar-refractivity contribution in [3.63, 3.8) is 0 Å². The largest absolute Gasteiger partial charge is 0.461 e. The molecular formula is C17H22ClN3O3. The van der Waals surface area contributed by atoms with Crippen molar-refractivity contribution in [3.05, 3.63) is 28.9 Å². The molecule has 0 bridgehead atoms. The lowest BCUT2D eigenvalue weighted by Crippen LogP contribution is -2.11. The van der Waals surface area contributed by atoms with Crippen LogP contribution in [0.4, 0.5) is 5.69 Å². The molecule has 7 heteroatoms. The van der Waals surface area contributed by atoms with Gasteiger partial charge in [-0.25, -0.2) is 14.8 Å². The Hall–Kier alpha value is -2.08. The summed E-state index contributed by atoms with van der Waals surface area (Å²) in [6, 6.07) is 1.89. The molecule has 2 rings (SSSR count). The molecular weight excluding hydrogens is 330 g/mol. The number of pyridine rings is 1. The predicted octanol–water partition coefficient (Wildman–Crippen LogP) is 4.51. The number of aromatic nitrogens is 2. The van der Waals surface area contributed by atoms with Crippen LogP contribution in [-0.4, -0.2) is 28.6 Å². The summed E-state index contributed by atoms with van der Waals surface area (Å²) in [7, 11) is 0. The molecule has 0 atom stereocenters. The molecule has 0 fully saturated rings. The van der Waals surface area contributed by atoms with Gasteiger partial charge in [-0.3, -0.25) is 0 Å². The molecule has 2 aromatic heterocycles. The van der Waals surface area contributed by atoms with E-state index in [2.05, 4.69) is 15.3 Å². The number of ether oxygens (including phenoxy) is 1. The lowest BCUT2D eigenvalue weighted by Gasteiger charge is -2.13. The van der Waals surface area contributed by atoms with E-state index in [1.807, 2.05) is 27.7 Å². The summed E-state index contributed by atoms with van der Waals surface area (Å²) in [6.45, 7) is 9.91. The highest BCUT2D eigenvalue weighted by Gasteiger charge is 2.25. The zero-order chi connectivity index (χ0) is 17.9. The molecule has 0 aliphatic rings. The van der Waals surface area contributed by atoms with Gasteiger partial charge < -0.3 is 14.5 Å². The lowest BCUT2D eigenvalue weighted by atomic mass is 10.1. The average Bonchev–Trinajstić information content (AvgIpc) is 2.92. The second-order valence-electron chi connectivity index (χ2n) is 5.96. The molecule has 1 N–H and O–H groups in total. The molecule has 0 aliphatic carbocycles. The fourth-order valence-corrected chi connectivity index (χ4v) is 2.37. The molecule has 0 aromatic carbocycles. The predicted molar refractivity (Wildman–Crippen MR) is 93.5 cm³/mol. The highest BCUT2D eigenvalue weighted by Crippen LogP contribution is 2.33. The van der Waals surface area contributed by atoms with Gasteiger partial charge in [0.25, 0.3) is 0 Å². The Labute approximate surface area is 146 Å². The smallest absolute Gasteiger partial charge is 0.360 e. The number of rotatable bonds is 6. The van der Waals surface area contributed by atoms with Crippen molar-refractivity contribution in [2.45, 2.75) is 46.6 Å². The number of anilines is 1. The van der Waals surface area contributed by atoms with Crippen LogP contribution in [0.2, 0.25) is 5.15 Å². The quantitative estimate of drug-likeness (QED) is 0.609.